The van der Waals surface area contributed by atoms with Crippen molar-refractivity contribution < 1.29 is 9.59 Å². The van der Waals surface area contributed by atoms with E-state index < -0.39 is 0 Å². The Morgan fingerprint density at radius 1 is 1.00 bits per heavy atom. The number of carbonyl (C=O) groups is 2. The Kier molecular flexibility index (Phi) is 6.68. The smallest absolute Gasteiger partial charge is 0.320 e. The van der Waals surface area contributed by atoms with Crippen molar-refractivity contribution in [3.63, 3.8) is 0 Å². The summed E-state index contributed by atoms with van der Waals surface area (Å²) in [5.74, 6) is -0.315. The summed E-state index contributed by atoms with van der Waals surface area (Å²) in [6.07, 6.45) is 0.825. The number of urea groups is 1. The van der Waals surface area contributed by atoms with E-state index in [1.54, 1.807) is 29.2 Å². The Morgan fingerprint density at radius 2 is 1.75 bits per heavy atom. The Bertz CT molecular complexity index is 1150. The van der Waals surface area contributed by atoms with Crippen molar-refractivity contribution >= 4 is 46.5 Å². The number of amides is 3. The van der Waals surface area contributed by atoms with Crippen LogP contribution in [0.5, 0.6) is 0 Å². The Labute approximate surface area is 197 Å². The first-order chi connectivity index (χ1) is 15.4. The van der Waals surface area contributed by atoms with Crippen LogP contribution in [0.25, 0.3) is 0 Å². The molecule has 0 saturated carbocycles. The largest absolute Gasteiger partial charge is 0.324 e. The molecule has 4 rings (SSSR count). The summed E-state index contributed by atoms with van der Waals surface area (Å²) in [4.78, 5) is 29.7. The molecular formula is C25H23Cl2N3O2. The van der Waals surface area contributed by atoms with Crippen LogP contribution in [-0.2, 0) is 6.54 Å². The maximum Gasteiger partial charge on any atom is 0.324 e. The number of nitrogens with one attached hydrogen (secondary N) is 1. The molecule has 0 atom stereocenters. The lowest BCUT2D eigenvalue weighted by Gasteiger charge is -2.36. The molecule has 0 aliphatic carbocycles. The minimum absolute atomic E-state index is 0.0942. The zero-order valence-corrected chi connectivity index (χ0v) is 19.2. The molecule has 1 heterocycles. The quantitative estimate of drug-likeness (QED) is 0.472. The zero-order chi connectivity index (χ0) is 22.7. The fourth-order valence-electron chi connectivity index (χ4n) is 3.78. The zero-order valence-electron chi connectivity index (χ0n) is 17.6. The standard InChI is InChI=1S/C25H23Cl2N3O2/c1-17-7-12-23(22(15-17)28-24(31)20-5-2-3-6-21(20)27)30-14-4-13-29(25(30)32)16-18-8-10-19(26)11-9-18/h2-3,5-12,15H,4,13-14,16H2,1H3,(H,28,31). The van der Waals surface area contributed by atoms with Crippen LogP contribution < -0.4 is 10.2 Å². The molecule has 1 saturated heterocycles. The normalized spacial score (nSPS) is 13.9. The molecule has 7 heteroatoms. The predicted molar refractivity (Wildman–Crippen MR) is 130 cm³/mol. The summed E-state index contributed by atoms with van der Waals surface area (Å²) in [6.45, 7) is 3.69. The van der Waals surface area contributed by atoms with Gasteiger partial charge >= 0.3 is 6.03 Å². The number of carbonyl (C=O) groups excluding carboxylic acids is 2. The van der Waals surface area contributed by atoms with Gasteiger partial charge in [0.25, 0.3) is 5.91 Å². The van der Waals surface area contributed by atoms with Gasteiger partial charge in [-0.15, -0.1) is 0 Å². The van der Waals surface area contributed by atoms with Crippen molar-refractivity contribution in [1.29, 1.82) is 0 Å². The van der Waals surface area contributed by atoms with E-state index in [0.29, 0.717) is 46.6 Å². The highest BCUT2D eigenvalue weighted by Crippen LogP contribution is 2.31. The highest BCUT2D eigenvalue weighted by Gasteiger charge is 2.29. The van der Waals surface area contributed by atoms with Crippen molar-refractivity contribution in [3.05, 3.63) is 93.5 Å². The lowest BCUT2D eigenvalue weighted by Crippen LogP contribution is -2.49. The van der Waals surface area contributed by atoms with Gasteiger partial charge in [-0.25, -0.2) is 4.79 Å². The summed E-state index contributed by atoms with van der Waals surface area (Å²) in [5.41, 5.74) is 3.63. The van der Waals surface area contributed by atoms with Gasteiger partial charge in [0.05, 0.1) is 22.0 Å². The van der Waals surface area contributed by atoms with Crippen LogP contribution in [0.1, 0.15) is 27.9 Å². The van der Waals surface area contributed by atoms with Crippen LogP contribution >= 0.6 is 23.2 Å². The first-order valence-electron chi connectivity index (χ1n) is 10.4. The maximum atomic E-state index is 13.3. The van der Waals surface area contributed by atoms with E-state index in [9.17, 15) is 9.59 Å². The van der Waals surface area contributed by atoms with E-state index >= 15 is 0 Å². The SMILES string of the molecule is Cc1ccc(N2CCCN(Cc3ccc(Cl)cc3)C2=O)c(NC(=O)c2ccccc2Cl)c1. The summed E-state index contributed by atoms with van der Waals surface area (Å²) >= 11 is 12.2. The van der Waals surface area contributed by atoms with E-state index in [0.717, 1.165) is 17.5 Å². The first-order valence-corrected chi connectivity index (χ1v) is 11.2. The van der Waals surface area contributed by atoms with E-state index in [4.69, 9.17) is 23.2 Å². The Balaban J connectivity index is 1.58. The molecule has 32 heavy (non-hydrogen) atoms. The summed E-state index contributed by atoms with van der Waals surface area (Å²) in [5, 5.41) is 3.99. The lowest BCUT2D eigenvalue weighted by molar-refractivity contribution is 0.102. The molecule has 1 N–H and O–H groups in total. The average Bonchev–Trinajstić information content (AvgIpc) is 2.77. The number of aryl methyl sites for hydroxylation is 1. The van der Waals surface area contributed by atoms with E-state index in [2.05, 4.69) is 5.32 Å². The molecule has 164 valence electrons. The third-order valence-electron chi connectivity index (χ3n) is 5.41. The van der Waals surface area contributed by atoms with Gasteiger partial charge in [0.15, 0.2) is 0 Å². The molecule has 3 aromatic carbocycles. The van der Waals surface area contributed by atoms with E-state index in [1.807, 2.05) is 54.3 Å². The molecule has 3 aromatic rings. The number of hydrogen-bond donors (Lipinski definition) is 1. The van der Waals surface area contributed by atoms with Gasteiger partial charge in [0, 0.05) is 24.7 Å². The average molecular weight is 468 g/mol. The van der Waals surface area contributed by atoms with Crippen LogP contribution in [0.2, 0.25) is 10.0 Å². The number of nitrogens with zero attached hydrogens (tertiary/aromatic N) is 2. The molecule has 0 unspecified atom stereocenters. The first kappa shape index (κ1) is 22.2. The highest BCUT2D eigenvalue weighted by atomic mass is 35.5. The molecule has 1 aliphatic heterocycles. The second-order valence-corrected chi connectivity index (χ2v) is 8.63. The Morgan fingerprint density at radius 3 is 2.50 bits per heavy atom. The molecule has 1 fully saturated rings. The van der Waals surface area contributed by atoms with Gasteiger partial charge in [-0.1, -0.05) is 53.5 Å². The molecule has 0 spiro atoms. The van der Waals surface area contributed by atoms with Crippen LogP contribution in [0.4, 0.5) is 16.2 Å². The molecule has 3 amide bonds. The summed E-state index contributed by atoms with van der Waals surface area (Å²) in [6, 6.07) is 20.0. The second kappa shape index (κ2) is 9.63. The topological polar surface area (TPSA) is 52.6 Å². The van der Waals surface area contributed by atoms with Gasteiger partial charge in [-0.2, -0.15) is 0 Å². The van der Waals surface area contributed by atoms with Gasteiger partial charge < -0.3 is 10.2 Å². The molecule has 0 radical (unpaired) electrons. The lowest BCUT2D eigenvalue weighted by atomic mass is 10.1. The third kappa shape index (κ3) is 4.90. The predicted octanol–water partition coefficient (Wildman–Crippen LogP) is 6.39. The van der Waals surface area contributed by atoms with E-state index in [1.165, 1.54) is 0 Å². The Hall–Kier alpha value is -3.02. The molecule has 0 aromatic heterocycles. The number of anilines is 2. The minimum atomic E-state index is -0.315. The number of rotatable bonds is 5. The van der Waals surface area contributed by atoms with Crippen molar-refractivity contribution in [2.45, 2.75) is 19.9 Å². The number of halogens is 2. The van der Waals surface area contributed by atoms with Gasteiger partial charge in [0.2, 0.25) is 0 Å². The van der Waals surface area contributed by atoms with Gasteiger partial charge in [-0.05, 0) is 60.9 Å². The summed E-state index contributed by atoms with van der Waals surface area (Å²) in [7, 11) is 0. The molecule has 5 nitrogen and oxygen atoms in total. The minimum Gasteiger partial charge on any atom is -0.320 e. The van der Waals surface area contributed by atoms with Crippen LogP contribution in [0, 0.1) is 6.92 Å². The molecule has 0 bridgehead atoms. The van der Waals surface area contributed by atoms with Gasteiger partial charge in [-0.3, -0.25) is 9.69 Å². The van der Waals surface area contributed by atoms with Crippen LogP contribution in [0.3, 0.4) is 0 Å². The van der Waals surface area contributed by atoms with Crippen LogP contribution in [0.15, 0.2) is 66.7 Å². The van der Waals surface area contributed by atoms with E-state index in [-0.39, 0.29) is 11.9 Å². The molecule has 1 aliphatic rings. The highest BCUT2D eigenvalue weighted by molar-refractivity contribution is 6.34. The fourth-order valence-corrected chi connectivity index (χ4v) is 4.13. The number of benzene rings is 3. The monoisotopic (exact) mass is 467 g/mol. The second-order valence-electron chi connectivity index (χ2n) is 7.79. The fraction of sp³-hybridized carbons (Fsp3) is 0.200. The van der Waals surface area contributed by atoms with Crippen molar-refractivity contribution in [2.75, 3.05) is 23.3 Å². The van der Waals surface area contributed by atoms with Crippen molar-refractivity contribution in [3.8, 4) is 0 Å². The van der Waals surface area contributed by atoms with Crippen molar-refractivity contribution in [2.24, 2.45) is 0 Å². The van der Waals surface area contributed by atoms with Gasteiger partial charge in [0.1, 0.15) is 0 Å². The number of hydrogen-bond acceptors (Lipinski definition) is 2. The molecular weight excluding hydrogens is 445 g/mol. The third-order valence-corrected chi connectivity index (χ3v) is 5.99. The summed E-state index contributed by atoms with van der Waals surface area (Å²) < 4.78 is 0. The van der Waals surface area contributed by atoms with Crippen LogP contribution in [-0.4, -0.2) is 29.9 Å². The van der Waals surface area contributed by atoms with Crippen molar-refractivity contribution in [1.82, 2.24) is 4.90 Å². The maximum absolute atomic E-state index is 13.3.